The summed E-state index contributed by atoms with van der Waals surface area (Å²) in [6.07, 6.45) is 1.70. The monoisotopic (exact) mass is 290 g/mol. The van der Waals surface area contributed by atoms with Gasteiger partial charge in [-0.2, -0.15) is 0 Å². The maximum Gasteiger partial charge on any atom is 0.262 e. The number of aryl methyl sites for hydroxylation is 1. The van der Waals surface area contributed by atoms with Gasteiger partial charge in [0, 0.05) is 13.2 Å². The van der Waals surface area contributed by atoms with Gasteiger partial charge in [-0.05, 0) is 36.2 Å². The molecule has 0 saturated carbocycles. The molecular formula is C12H10N4OS2. The molecule has 0 aromatic carbocycles. The van der Waals surface area contributed by atoms with Gasteiger partial charge in [-0.15, -0.1) is 11.3 Å². The molecule has 0 bridgehead atoms. The Kier molecular flexibility index (Phi) is 3.08. The van der Waals surface area contributed by atoms with E-state index in [0.717, 1.165) is 9.86 Å². The summed E-state index contributed by atoms with van der Waals surface area (Å²) in [5, 5.41) is 3.96. The van der Waals surface area contributed by atoms with Crippen molar-refractivity contribution in [3.63, 3.8) is 0 Å². The molecule has 0 aliphatic carbocycles. The molecule has 3 aromatic heterocycles. The molecular weight excluding hydrogens is 280 g/mol. The van der Waals surface area contributed by atoms with Crippen LogP contribution in [0.4, 0.5) is 0 Å². The topological polar surface area (TPSA) is 60.7 Å². The Labute approximate surface area is 117 Å². The number of hydrogen-bond donors (Lipinski definition) is 0. The molecule has 0 saturated heterocycles. The third-order valence-electron chi connectivity index (χ3n) is 2.61. The van der Waals surface area contributed by atoms with Crippen molar-refractivity contribution in [3.8, 4) is 0 Å². The molecule has 0 fully saturated rings. The lowest BCUT2D eigenvalue weighted by molar-refractivity contribution is 0.726. The molecule has 19 heavy (non-hydrogen) atoms. The summed E-state index contributed by atoms with van der Waals surface area (Å²) in [5.74, 6) is 0.701. The Morgan fingerprint density at radius 3 is 2.95 bits per heavy atom. The van der Waals surface area contributed by atoms with Crippen LogP contribution >= 0.6 is 23.1 Å². The minimum absolute atomic E-state index is 0.0282. The summed E-state index contributed by atoms with van der Waals surface area (Å²) < 4.78 is 1.55. The van der Waals surface area contributed by atoms with Crippen molar-refractivity contribution >= 4 is 33.3 Å². The van der Waals surface area contributed by atoms with Gasteiger partial charge in [0.1, 0.15) is 15.7 Å². The average molecular weight is 290 g/mol. The van der Waals surface area contributed by atoms with Gasteiger partial charge < -0.3 is 0 Å². The summed E-state index contributed by atoms with van der Waals surface area (Å²) >= 11 is 2.84. The van der Waals surface area contributed by atoms with Gasteiger partial charge in [-0.1, -0.05) is 0 Å². The zero-order valence-corrected chi connectivity index (χ0v) is 12.0. The Morgan fingerprint density at radius 1 is 1.32 bits per heavy atom. The lowest BCUT2D eigenvalue weighted by Gasteiger charge is -2.06. The predicted molar refractivity (Wildman–Crippen MR) is 75.8 cm³/mol. The third kappa shape index (κ3) is 2.26. The van der Waals surface area contributed by atoms with Crippen molar-refractivity contribution in [3.05, 3.63) is 39.9 Å². The van der Waals surface area contributed by atoms with Gasteiger partial charge in [0.15, 0.2) is 5.16 Å². The number of rotatable bonds is 2. The van der Waals surface area contributed by atoms with Gasteiger partial charge >= 0.3 is 0 Å². The lowest BCUT2D eigenvalue weighted by Crippen LogP contribution is -2.19. The van der Waals surface area contributed by atoms with Crippen LogP contribution < -0.4 is 5.56 Å². The maximum atomic E-state index is 12.2. The van der Waals surface area contributed by atoms with E-state index in [9.17, 15) is 4.79 Å². The average Bonchev–Trinajstić information content (AvgIpc) is 2.84. The van der Waals surface area contributed by atoms with Crippen LogP contribution in [0.15, 0.2) is 38.7 Å². The van der Waals surface area contributed by atoms with Crippen molar-refractivity contribution in [2.45, 2.75) is 17.1 Å². The summed E-state index contributed by atoms with van der Waals surface area (Å²) in [5.41, 5.74) is -0.0282. The van der Waals surface area contributed by atoms with Crippen molar-refractivity contribution < 1.29 is 0 Å². The van der Waals surface area contributed by atoms with Gasteiger partial charge in [-0.3, -0.25) is 9.36 Å². The van der Waals surface area contributed by atoms with Crippen LogP contribution in [0.3, 0.4) is 0 Å². The summed E-state index contributed by atoms with van der Waals surface area (Å²) in [7, 11) is 1.73. The van der Waals surface area contributed by atoms with Crippen molar-refractivity contribution in [2.75, 3.05) is 0 Å². The zero-order valence-electron chi connectivity index (χ0n) is 10.3. The highest BCUT2D eigenvalue weighted by atomic mass is 32.2. The Bertz CT molecular complexity index is 809. The standard InChI is InChI=1S/C12H10N4OS2/c1-7-13-5-3-9(14-7)19-12-15-10-8(4-6-18-10)11(17)16(12)2/h3-6H,1-2H3. The van der Waals surface area contributed by atoms with Crippen LogP contribution in [-0.2, 0) is 7.05 Å². The normalized spacial score (nSPS) is 11.1. The van der Waals surface area contributed by atoms with Crippen molar-refractivity contribution in [1.29, 1.82) is 0 Å². The molecule has 0 aliphatic heterocycles. The highest BCUT2D eigenvalue weighted by Gasteiger charge is 2.11. The smallest absolute Gasteiger partial charge is 0.262 e. The molecule has 0 unspecified atom stereocenters. The fourth-order valence-corrected chi connectivity index (χ4v) is 3.32. The minimum atomic E-state index is -0.0282. The molecule has 3 heterocycles. The van der Waals surface area contributed by atoms with Gasteiger partial charge in [0.25, 0.3) is 5.56 Å². The van der Waals surface area contributed by atoms with Crippen LogP contribution in [-0.4, -0.2) is 19.5 Å². The van der Waals surface area contributed by atoms with Crippen LogP contribution in [0, 0.1) is 6.92 Å². The van der Waals surface area contributed by atoms with E-state index in [2.05, 4.69) is 15.0 Å². The number of thiophene rings is 1. The first-order valence-electron chi connectivity index (χ1n) is 5.57. The van der Waals surface area contributed by atoms with Gasteiger partial charge in [0.05, 0.1) is 5.39 Å². The molecule has 96 valence electrons. The quantitative estimate of drug-likeness (QED) is 0.535. The number of hydrogen-bond acceptors (Lipinski definition) is 6. The Balaban J connectivity index is 2.10. The predicted octanol–water partition coefficient (Wildman–Crippen LogP) is 2.24. The lowest BCUT2D eigenvalue weighted by atomic mass is 10.4. The van der Waals surface area contributed by atoms with Crippen molar-refractivity contribution in [1.82, 2.24) is 19.5 Å². The summed E-state index contributed by atoms with van der Waals surface area (Å²) in [4.78, 5) is 25.8. The molecule has 0 aliphatic rings. The first-order chi connectivity index (χ1) is 9.15. The molecule has 0 spiro atoms. The van der Waals surface area contributed by atoms with E-state index >= 15 is 0 Å². The minimum Gasteiger partial charge on any atom is -0.290 e. The van der Waals surface area contributed by atoms with Crippen LogP contribution in [0.2, 0.25) is 0 Å². The van der Waals surface area contributed by atoms with Crippen LogP contribution in [0.5, 0.6) is 0 Å². The molecule has 0 N–H and O–H groups in total. The zero-order chi connectivity index (χ0) is 13.4. The van der Waals surface area contributed by atoms with E-state index in [1.807, 2.05) is 18.4 Å². The van der Waals surface area contributed by atoms with E-state index in [-0.39, 0.29) is 5.56 Å². The van der Waals surface area contributed by atoms with E-state index < -0.39 is 0 Å². The van der Waals surface area contributed by atoms with Gasteiger partial charge in [-0.25, -0.2) is 15.0 Å². The second-order valence-electron chi connectivity index (χ2n) is 3.94. The molecule has 0 radical (unpaired) electrons. The van der Waals surface area contributed by atoms with Crippen LogP contribution in [0.25, 0.3) is 10.2 Å². The highest BCUT2D eigenvalue weighted by molar-refractivity contribution is 7.99. The molecule has 3 aromatic rings. The third-order valence-corrected chi connectivity index (χ3v) is 4.40. The van der Waals surface area contributed by atoms with Crippen LogP contribution in [0.1, 0.15) is 5.82 Å². The Morgan fingerprint density at radius 2 is 2.16 bits per heavy atom. The van der Waals surface area contributed by atoms with E-state index in [4.69, 9.17) is 0 Å². The fraction of sp³-hybridized carbons (Fsp3) is 0.167. The van der Waals surface area contributed by atoms with E-state index in [0.29, 0.717) is 16.4 Å². The second-order valence-corrected chi connectivity index (χ2v) is 5.82. The van der Waals surface area contributed by atoms with E-state index in [1.165, 1.54) is 23.1 Å². The number of nitrogens with zero attached hydrogens (tertiary/aromatic N) is 4. The first-order valence-corrected chi connectivity index (χ1v) is 7.26. The van der Waals surface area contributed by atoms with E-state index in [1.54, 1.807) is 23.9 Å². The van der Waals surface area contributed by atoms with Crippen molar-refractivity contribution in [2.24, 2.45) is 7.05 Å². The summed E-state index contributed by atoms with van der Waals surface area (Å²) in [6, 6.07) is 3.61. The first kappa shape index (κ1) is 12.3. The second kappa shape index (κ2) is 4.75. The Hall–Kier alpha value is -1.73. The molecule has 0 atom stereocenters. The number of fused-ring (bicyclic) bond motifs is 1. The molecule has 0 amide bonds. The fourth-order valence-electron chi connectivity index (χ4n) is 1.66. The largest absolute Gasteiger partial charge is 0.290 e. The molecule has 3 rings (SSSR count). The molecule has 5 nitrogen and oxygen atoms in total. The highest BCUT2D eigenvalue weighted by Crippen LogP contribution is 2.25. The summed E-state index contributed by atoms with van der Waals surface area (Å²) in [6.45, 7) is 1.83. The number of aromatic nitrogens is 4. The SMILES string of the molecule is Cc1nccc(Sc2nc3sccc3c(=O)n2C)n1. The van der Waals surface area contributed by atoms with Gasteiger partial charge in [0.2, 0.25) is 0 Å². The maximum absolute atomic E-state index is 12.2. The molecule has 7 heteroatoms.